The van der Waals surface area contributed by atoms with Gasteiger partial charge in [-0.05, 0) is 37.6 Å². The average Bonchev–Trinajstić information content (AvgIpc) is 2.88. The largest absolute Gasteiger partial charge is 0.381 e. The van der Waals surface area contributed by atoms with Gasteiger partial charge in [-0.1, -0.05) is 20.8 Å². The van der Waals surface area contributed by atoms with Crippen LogP contribution in [0.3, 0.4) is 0 Å². The van der Waals surface area contributed by atoms with E-state index in [0.717, 1.165) is 37.6 Å². The Bertz CT molecular complexity index is 239. The second-order valence-electron chi connectivity index (χ2n) is 6.34. The first-order valence-electron chi connectivity index (χ1n) is 7.75. The summed E-state index contributed by atoms with van der Waals surface area (Å²) >= 11 is 0. The summed E-state index contributed by atoms with van der Waals surface area (Å²) in [5, 5.41) is 3.69. The molecule has 3 atom stereocenters. The highest BCUT2D eigenvalue weighted by atomic mass is 16.5. The standard InChI is InChI=1S/C15H30N2O/c1-4-14-10-17(15(9-16-14)12(2)3)7-5-13-6-8-18-11-13/h12-16H,4-11H2,1-3H3. The molecule has 0 bridgehead atoms. The van der Waals surface area contributed by atoms with E-state index in [1.54, 1.807) is 0 Å². The Morgan fingerprint density at radius 3 is 2.83 bits per heavy atom. The molecular weight excluding hydrogens is 224 g/mol. The van der Waals surface area contributed by atoms with Gasteiger partial charge in [0.15, 0.2) is 0 Å². The van der Waals surface area contributed by atoms with Crippen molar-refractivity contribution in [1.82, 2.24) is 10.2 Å². The van der Waals surface area contributed by atoms with Crippen molar-refractivity contribution < 1.29 is 4.74 Å². The molecule has 0 aromatic rings. The van der Waals surface area contributed by atoms with Crippen LogP contribution < -0.4 is 5.32 Å². The number of rotatable bonds is 5. The van der Waals surface area contributed by atoms with Gasteiger partial charge in [-0.15, -0.1) is 0 Å². The van der Waals surface area contributed by atoms with Crippen molar-refractivity contribution in [2.24, 2.45) is 11.8 Å². The predicted octanol–water partition coefficient (Wildman–Crippen LogP) is 2.12. The maximum absolute atomic E-state index is 5.48. The van der Waals surface area contributed by atoms with Crippen LogP contribution in [0.2, 0.25) is 0 Å². The molecule has 0 aromatic carbocycles. The topological polar surface area (TPSA) is 24.5 Å². The molecule has 0 saturated carbocycles. The molecule has 2 aliphatic rings. The molecule has 106 valence electrons. The average molecular weight is 254 g/mol. The number of hydrogen-bond acceptors (Lipinski definition) is 3. The Labute approximate surface area is 112 Å². The maximum atomic E-state index is 5.48. The Morgan fingerprint density at radius 1 is 1.39 bits per heavy atom. The highest BCUT2D eigenvalue weighted by molar-refractivity contribution is 4.87. The fourth-order valence-corrected chi connectivity index (χ4v) is 3.25. The summed E-state index contributed by atoms with van der Waals surface area (Å²) in [6.45, 7) is 12.6. The van der Waals surface area contributed by atoms with Crippen molar-refractivity contribution in [2.75, 3.05) is 32.8 Å². The first-order chi connectivity index (χ1) is 8.70. The Morgan fingerprint density at radius 2 is 2.22 bits per heavy atom. The monoisotopic (exact) mass is 254 g/mol. The van der Waals surface area contributed by atoms with E-state index in [1.807, 2.05) is 0 Å². The third-order valence-corrected chi connectivity index (χ3v) is 4.65. The first kappa shape index (κ1) is 14.3. The summed E-state index contributed by atoms with van der Waals surface area (Å²) in [7, 11) is 0. The smallest absolute Gasteiger partial charge is 0.0495 e. The van der Waals surface area contributed by atoms with Crippen LogP contribution >= 0.6 is 0 Å². The summed E-state index contributed by atoms with van der Waals surface area (Å²) in [5.74, 6) is 1.56. The number of hydrogen-bond donors (Lipinski definition) is 1. The normalized spacial score (nSPS) is 34.3. The molecule has 3 nitrogen and oxygen atoms in total. The molecule has 0 amide bonds. The quantitative estimate of drug-likeness (QED) is 0.813. The molecule has 0 aliphatic carbocycles. The first-order valence-corrected chi connectivity index (χ1v) is 7.75. The zero-order valence-corrected chi connectivity index (χ0v) is 12.3. The van der Waals surface area contributed by atoms with Crippen molar-refractivity contribution >= 4 is 0 Å². The third-order valence-electron chi connectivity index (χ3n) is 4.65. The molecule has 0 spiro atoms. The van der Waals surface area contributed by atoms with Gasteiger partial charge in [0, 0.05) is 38.4 Å². The Hall–Kier alpha value is -0.120. The van der Waals surface area contributed by atoms with Crippen LogP contribution in [0, 0.1) is 11.8 Å². The van der Waals surface area contributed by atoms with E-state index in [4.69, 9.17) is 4.74 Å². The van der Waals surface area contributed by atoms with Crippen molar-refractivity contribution in [3.63, 3.8) is 0 Å². The molecule has 2 saturated heterocycles. The van der Waals surface area contributed by atoms with Crippen molar-refractivity contribution in [3.8, 4) is 0 Å². The zero-order valence-electron chi connectivity index (χ0n) is 12.3. The van der Waals surface area contributed by atoms with Crippen molar-refractivity contribution in [3.05, 3.63) is 0 Å². The van der Waals surface area contributed by atoms with Crippen LogP contribution in [0.5, 0.6) is 0 Å². The van der Waals surface area contributed by atoms with Crippen LogP contribution in [0.1, 0.15) is 40.0 Å². The zero-order chi connectivity index (χ0) is 13.0. The number of nitrogens with zero attached hydrogens (tertiary/aromatic N) is 1. The number of nitrogens with one attached hydrogen (secondary N) is 1. The van der Waals surface area contributed by atoms with E-state index in [-0.39, 0.29) is 0 Å². The molecule has 2 fully saturated rings. The summed E-state index contributed by atoms with van der Waals surface area (Å²) < 4.78 is 5.48. The van der Waals surface area contributed by atoms with Crippen molar-refractivity contribution in [2.45, 2.75) is 52.1 Å². The lowest BCUT2D eigenvalue weighted by Crippen LogP contribution is -2.58. The van der Waals surface area contributed by atoms with Gasteiger partial charge < -0.3 is 10.1 Å². The highest BCUT2D eigenvalue weighted by Gasteiger charge is 2.29. The molecule has 0 radical (unpaired) electrons. The van der Waals surface area contributed by atoms with E-state index in [1.165, 1.54) is 32.4 Å². The Kier molecular flexibility index (Phi) is 5.46. The fourth-order valence-electron chi connectivity index (χ4n) is 3.25. The lowest BCUT2D eigenvalue weighted by Gasteiger charge is -2.42. The van der Waals surface area contributed by atoms with Gasteiger partial charge in [-0.2, -0.15) is 0 Å². The molecule has 18 heavy (non-hydrogen) atoms. The van der Waals surface area contributed by atoms with Gasteiger partial charge >= 0.3 is 0 Å². The molecule has 1 N–H and O–H groups in total. The van der Waals surface area contributed by atoms with E-state index in [2.05, 4.69) is 31.0 Å². The van der Waals surface area contributed by atoms with Gasteiger partial charge in [0.25, 0.3) is 0 Å². The van der Waals surface area contributed by atoms with Crippen LogP contribution in [-0.2, 0) is 4.74 Å². The van der Waals surface area contributed by atoms with Crippen LogP contribution in [-0.4, -0.2) is 49.8 Å². The molecule has 0 aromatic heterocycles. The minimum absolute atomic E-state index is 0.694. The van der Waals surface area contributed by atoms with Gasteiger partial charge in [0.05, 0.1) is 0 Å². The van der Waals surface area contributed by atoms with E-state index in [9.17, 15) is 0 Å². The molecule has 2 aliphatic heterocycles. The molecule has 2 rings (SSSR count). The van der Waals surface area contributed by atoms with Gasteiger partial charge in [0.1, 0.15) is 0 Å². The fraction of sp³-hybridized carbons (Fsp3) is 1.00. The lowest BCUT2D eigenvalue weighted by molar-refractivity contribution is 0.0890. The third kappa shape index (κ3) is 3.69. The number of ether oxygens (including phenoxy) is 1. The van der Waals surface area contributed by atoms with Gasteiger partial charge in [-0.25, -0.2) is 0 Å². The highest BCUT2D eigenvalue weighted by Crippen LogP contribution is 2.21. The second kappa shape index (κ2) is 6.88. The summed E-state index contributed by atoms with van der Waals surface area (Å²) in [6, 6.07) is 1.41. The van der Waals surface area contributed by atoms with Gasteiger partial charge in [-0.3, -0.25) is 4.90 Å². The maximum Gasteiger partial charge on any atom is 0.0495 e. The Balaban J connectivity index is 1.83. The minimum Gasteiger partial charge on any atom is -0.381 e. The van der Waals surface area contributed by atoms with Crippen LogP contribution in [0.25, 0.3) is 0 Å². The molecule has 2 heterocycles. The predicted molar refractivity (Wildman–Crippen MR) is 75.8 cm³/mol. The minimum atomic E-state index is 0.694. The van der Waals surface area contributed by atoms with E-state index < -0.39 is 0 Å². The lowest BCUT2D eigenvalue weighted by atomic mass is 9.96. The van der Waals surface area contributed by atoms with Gasteiger partial charge in [0.2, 0.25) is 0 Å². The van der Waals surface area contributed by atoms with Crippen LogP contribution in [0.15, 0.2) is 0 Å². The second-order valence-corrected chi connectivity index (χ2v) is 6.34. The van der Waals surface area contributed by atoms with E-state index >= 15 is 0 Å². The van der Waals surface area contributed by atoms with Crippen molar-refractivity contribution in [1.29, 1.82) is 0 Å². The summed E-state index contributed by atoms with van der Waals surface area (Å²) in [5.41, 5.74) is 0. The molecule has 3 heteroatoms. The SMILES string of the molecule is CCC1CN(CCC2CCOC2)C(C(C)C)CN1. The van der Waals surface area contributed by atoms with E-state index in [0.29, 0.717) is 6.04 Å². The molecular formula is C15H30N2O. The molecule has 3 unspecified atom stereocenters. The van der Waals surface area contributed by atoms with Crippen LogP contribution in [0.4, 0.5) is 0 Å². The number of piperazine rings is 1. The summed E-state index contributed by atoms with van der Waals surface area (Å²) in [6.07, 6.45) is 3.84. The summed E-state index contributed by atoms with van der Waals surface area (Å²) in [4.78, 5) is 2.73.